The first-order valence-electron chi connectivity index (χ1n) is 5.94. The van der Waals surface area contributed by atoms with E-state index in [9.17, 15) is 14.5 Å². The Morgan fingerprint density at radius 1 is 1.61 bits per heavy atom. The summed E-state index contributed by atoms with van der Waals surface area (Å²) in [6, 6.07) is 4.01. The molecule has 0 aliphatic carbocycles. The van der Waals surface area contributed by atoms with Gasteiger partial charge in [0.15, 0.2) is 11.5 Å². The summed E-state index contributed by atoms with van der Waals surface area (Å²) >= 11 is 0. The maximum atomic E-state index is 13.9. The van der Waals surface area contributed by atoms with Crippen LogP contribution >= 0.6 is 0 Å². The lowest BCUT2D eigenvalue weighted by atomic mass is 10.1. The molecule has 18 heavy (non-hydrogen) atoms. The molecular weight excluding hydrogens is 237 g/mol. The molecule has 0 aromatic heterocycles. The molecule has 5 nitrogen and oxygen atoms in total. The Hall–Kier alpha value is -1.69. The van der Waals surface area contributed by atoms with Crippen molar-refractivity contribution < 1.29 is 9.31 Å². The normalized spacial score (nSPS) is 23.4. The van der Waals surface area contributed by atoms with E-state index >= 15 is 0 Å². The summed E-state index contributed by atoms with van der Waals surface area (Å²) in [5.41, 5.74) is 5.53. The van der Waals surface area contributed by atoms with E-state index in [2.05, 4.69) is 0 Å². The molecule has 0 spiro atoms. The molecule has 6 heteroatoms. The number of halogens is 1. The lowest BCUT2D eigenvalue weighted by molar-refractivity contribution is -0.384. The number of benzene rings is 1. The van der Waals surface area contributed by atoms with E-state index in [1.54, 1.807) is 4.90 Å². The maximum absolute atomic E-state index is 13.9. The zero-order chi connectivity index (χ0) is 13.3. The molecule has 1 aliphatic rings. The topological polar surface area (TPSA) is 72.4 Å². The number of para-hydroxylation sites is 1. The van der Waals surface area contributed by atoms with Crippen molar-refractivity contribution in [2.24, 2.45) is 11.7 Å². The lowest BCUT2D eigenvalue weighted by Crippen LogP contribution is -2.29. The second kappa shape index (κ2) is 4.89. The highest BCUT2D eigenvalue weighted by atomic mass is 19.1. The Morgan fingerprint density at radius 3 is 2.89 bits per heavy atom. The smallest absolute Gasteiger partial charge is 0.295 e. The van der Waals surface area contributed by atoms with E-state index in [1.165, 1.54) is 18.2 Å². The molecule has 1 aromatic rings. The summed E-state index contributed by atoms with van der Waals surface area (Å²) < 4.78 is 13.9. The van der Waals surface area contributed by atoms with Crippen molar-refractivity contribution in [2.45, 2.75) is 19.4 Å². The van der Waals surface area contributed by atoms with Crippen molar-refractivity contribution in [3.05, 3.63) is 34.1 Å². The minimum Gasteiger partial charge on any atom is -0.361 e. The molecule has 0 amide bonds. The first kappa shape index (κ1) is 12.8. The van der Waals surface area contributed by atoms with Crippen LogP contribution in [0.3, 0.4) is 0 Å². The summed E-state index contributed by atoms with van der Waals surface area (Å²) in [5, 5.41) is 11.0. The molecule has 1 aliphatic heterocycles. The van der Waals surface area contributed by atoms with Crippen LogP contribution in [0.4, 0.5) is 15.8 Å². The fourth-order valence-corrected chi connectivity index (χ4v) is 2.56. The SMILES string of the molecule is CC1CC(CN)CN1c1c(F)cccc1[N+](=O)[O-]. The third-order valence-corrected chi connectivity index (χ3v) is 3.44. The fourth-order valence-electron chi connectivity index (χ4n) is 2.56. The Bertz CT molecular complexity index is 467. The van der Waals surface area contributed by atoms with Crippen LogP contribution in [0.25, 0.3) is 0 Å². The molecule has 98 valence electrons. The predicted octanol–water partition coefficient (Wildman–Crippen LogP) is 1.91. The largest absolute Gasteiger partial charge is 0.361 e. The molecule has 0 radical (unpaired) electrons. The summed E-state index contributed by atoms with van der Waals surface area (Å²) in [6.07, 6.45) is 0.835. The molecule has 2 unspecified atom stereocenters. The summed E-state index contributed by atoms with van der Waals surface area (Å²) in [7, 11) is 0. The van der Waals surface area contributed by atoms with Crippen LogP contribution in [0.2, 0.25) is 0 Å². The second-order valence-electron chi connectivity index (χ2n) is 4.70. The van der Waals surface area contributed by atoms with Crippen molar-refractivity contribution in [1.82, 2.24) is 0 Å². The van der Waals surface area contributed by atoms with Gasteiger partial charge in [0, 0.05) is 18.7 Å². The predicted molar refractivity (Wildman–Crippen MR) is 67.0 cm³/mol. The van der Waals surface area contributed by atoms with Crippen LogP contribution in [0.15, 0.2) is 18.2 Å². The average molecular weight is 253 g/mol. The van der Waals surface area contributed by atoms with Gasteiger partial charge in [-0.3, -0.25) is 10.1 Å². The number of anilines is 1. The summed E-state index contributed by atoms with van der Waals surface area (Å²) in [4.78, 5) is 12.2. The van der Waals surface area contributed by atoms with Gasteiger partial charge in [0.25, 0.3) is 5.69 Å². The van der Waals surface area contributed by atoms with Crippen molar-refractivity contribution in [3.8, 4) is 0 Å². The van der Waals surface area contributed by atoms with Gasteiger partial charge in [-0.2, -0.15) is 0 Å². The third kappa shape index (κ3) is 2.15. The zero-order valence-electron chi connectivity index (χ0n) is 10.2. The quantitative estimate of drug-likeness (QED) is 0.659. The van der Waals surface area contributed by atoms with Crippen molar-refractivity contribution >= 4 is 11.4 Å². The molecule has 1 fully saturated rings. The van der Waals surface area contributed by atoms with Gasteiger partial charge in [0.1, 0.15) is 0 Å². The highest BCUT2D eigenvalue weighted by Gasteiger charge is 2.34. The van der Waals surface area contributed by atoms with Crippen LogP contribution in [0.5, 0.6) is 0 Å². The first-order chi connectivity index (χ1) is 8.54. The van der Waals surface area contributed by atoms with E-state index in [0.29, 0.717) is 13.1 Å². The Kier molecular flexibility index (Phi) is 3.47. The summed E-state index contributed by atoms with van der Waals surface area (Å²) in [5.74, 6) is -0.284. The van der Waals surface area contributed by atoms with E-state index < -0.39 is 10.7 Å². The van der Waals surface area contributed by atoms with Crippen molar-refractivity contribution in [1.29, 1.82) is 0 Å². The highest BCUT2D eigenvalue weighted by molar-refractivity contribution is 5.65. The molecule has 2 rings (SSSR count). The van der Waals surface area contributed by atoms with E-state index in [1.807, 2.05) is 6.92 Å². The van der Waals surface area contributed by atoms with Crippen LogP contribution < -0.4 is 10.6 Å². The number of rotatable bonds is 3. The minimum absolute atomic E-state index is 0.0640. The zero-order valence-corrected chi connectivity index (χ0v) is 10.2. The first-order valence-corrected chi connectivity index (χ1v) is 5.94. The van der Waals surface area contributed by atoms with Gasteiger partial charge in [-0.05, 0) is 31.9 Å². The molecular formula is C12H16FN3O2. The Balaban J connectivity index is 2.41. The molecule has 2 N–H and O–H groups in total. The van der Waals surface area contributed by atoms with Crippen molar-refractivity contribution in [3.63, 3.8) is 0 Å². The van der Waals surface area contributed by atoms with Gasteiger partial charge >= 0.3 is 0 Å². The van der Waals surface area contributed by atoms with Gasteiger partial charge in [-0.15, -0.1) is 0 Å². The second-order valence-corrected chi connectivity index (χ2v) is 4.70. The molecule has 1 aromatic carbocycles. The number of nitro benzene ring substituents is 1. The Morgan fingerprint density at radius 2 is 2.33 bits per heavy atom. The van der Waals surface area contributed by atoms with E-state index in [0.717, 1.165) is 6.42 Å². The lowest BCUT2D eigenvalue weighted by Gasteiger charge is -2.23. The number of hydrogen-bond donors (Lipinski definition) is 1. The molecule has 2 atom stereocenters. The highest BCUT2D eigenvalue weighted by Crippen LogP contribution is 2.36. The molecule has 0 bridgehead atoms. The van der Waals surface area contributed by atoms with Gasteiger partial charge in [0.2, 0.25) is 0 Å². The van der Waals surface area contributed by atoms with Crippen LogP contribution in [-0.2, 0) is 0 Å². The standard InChI is InChI=1S/C12H16FN3O2/c1-8-5-9(6-14)7-15(8)12-10(13)3-2-4-11(12)16(17)18/h2-4,8-9H,5-7,14H2,1H3. The number of nitrogens with zero attached hydrogens (tertiary/aromatic N) is 2. The molecule has 1 saturated heterocycles. The average Bonchev–Trinajstić information content (AvgIpc) is 2.70. The Labute approximate surface area is 105 Å². The fraction of sp³-hybridized carbons (Fsp3) is 0.500. The molecule has 0 saturated carbocycles. The monoisotopic (exact) mass is 253 g/mol. The number of hydrogen-bond acceptors (Lipinski definition) is 4. The van der Waals surface area contributed by atoms with Crippen LogP contribution in [0.1, 0.15) is 13.3 Å². The van der Waals surface area contributed by atoms with Crippen LogP contribution in [0, 0.1) is 21.8 Å². The van der Waals surface area contributed by atoms with E-state index in [-0.39, 0.29) is 23.3 Å². The van der Waals surface area contributed by atoms with E-state index in [4.69, 9.17) is 5.73 Å². The number of nitro groups is 1. The van der Waals surface area contributed by atoms with Gasteiger partial charge in [-0.25, -0.2) is 4.39 Å². The number of nitrogens with two attached hydrogens (primary N) is 1. The third-order valence-electron chi connectivity index (χ3n) is 3.44. The van der Waals surface area contributed by atoms with Gasteiger partial charge in [-0.1, -0.05) is 6.07 Å². The summed E-state index contributed by atoms with van der Waals surface area (Å²) in [6.45, 7) is 3.02. The van der Waals surface area contributed by atoms with Gasteiger partial charge in [0.05, 0.1) is 4.92 Å². The van der Waals surface area contributed by atoms with Crippen molar-refractivity contribution in [2.75, 3.05) is 18.0 Å². The van der Waals surface area contributed by atoms with Gasteiger partial charge < -0.3 is 10.6 Å². The van der Waals surface area contributed by atoms with Crippen LogP contribution in [-0.4, -0.2) is 24.1 Å². The minimum atomic E-state index is -0.547. The molecule has 1 heterocycles. The maximum Gasteiger partial charge on any atom is 0.295 e.